The summed E-state index contributed by atoms with van der Waals surface area (Å²) in [5, 5.41) is 6.53. The summed E-state index contributed by atoms with van der Waals surface area (Å²) in [5.41, 5.74) is 7.98. The van der Waals surface area contributed by atoms with Crippen molar-refractivity contribution in [2.75, 3.05) is 20.0 Å². The number of benzene rings is 1. The number of nitrogens with two attached hydrogens (primary N) is 1. The Bertz CT molecular complexity index is 1090. The molecule has 0 radical (unpaired) electrons. The summed E-state index contributed by atoms with van der Waals surface area (Å²) in [6.45, 7) is 0. The molecule has 0 unspecified atom stereocenters. The maximum atomic E-state index is 6.01. The van der Waals surface area contributed by atoms with E-state index < -0.39 is 0 Å². The maximum absolute atomic E-state index is 6.01. The highest BCUT2D eigenvalue weighted by molar-refractivity contribution is 7.98. The minimum atomic E-state index is 0.521. The third-order valence-corrected chi connectivity index (χ3v) is 6.49. The Morgan fingerprint density at radius 3 is 2.70 bits per heavy atom. The van der Waals surface area contributed by atoms with Gasteiger partial charge in [0.25, 0.3) is 0 Å². The molecule has 0 atom stereocenters. The van der Waals surface area contributed by atoms with Crippen molar-refractivity contribution in [2.45, 2.75) is 10.9 Å². The predicted molar refractivity (Wildman–Crippen MR) is 112 cm³/mol. The lowest BCUT2D eigenvalue weighted by Gasteiger charge is -2.08. The van der Waals surface area contributed by atoms with Crippen molar-refractivity contribution in [2.24, 2.45) is 0 Å². The van der Waals surface area contributed by atoms with Gasteiger partial charge in [-0.3, -0.25) is 0 Å². The first-order valence-electron chi connectivity index (χ1n) is 7.98. The smallest absolute Gasteiger partial charge is 0.191 e. The quantitative estimate of drug-likeness (QED) is 0.360. The van der Waals surface area contributed by atoms with Gasteiger partial charge in [-0.2, -0.15) is 0 Å². The number of aromatic nitrogens is 3. The van der Waals surface area contributed by atoms with Gasteiger partial charge in [-0.15, -0.1) is 22.7 Å². The minimum Gasteiger partial charge on any atom is -0.493 e. The van der Waals surface area contributed by atoms with E-state index in [4.69, 9.17) is 20.2 Å². The summed E-state index contributed by atoms with van der Waals surface area (Å²) < 4.78 is 10.7. The summed E-state index contributed by atoms with van der Waals surface area (Å²) in [7, 11) is 3.25. The molecule has 27 heavy (non-hydrogen) atoms. The fourth-order valence-electron chi connectivity index (χ4n) is 2.54. The van der Waals surface area contributed by atoms with Crippen molar-refractivity contribution in [1.29, 1.82) is 0 Å². The molecule has 0 saturated carbocycles. The zero-order valence-corrected chi connectivity index (χ0v) is 17.1. The highest BCUT2D eigenvalue weighted by Gasteiger charge is 2.11. The van der Waals surface area contributed by atoms with Gasteiger partial charge in [0.05, 0.1) is 25.3 Å². The lowest BCUT2D eigenvalue weighted by molar-refractivity contribution is 0.355. The number of hydrogen-bond donors (Lipinski definition) is 1. The van der Waals surface area contributed by atoms with Crippen molar-refractivity contribution in [3.8, 4) is 22.1 Å². The maximum Gasteiger partial charge on any atom is 0.191 e. The van der Waals surface area contributed by atoms with E-state index in [0.29, 0.717) is 28.2 Å². The average Bonchev–Trinajstić information content (AvgIpc) is 3.35. The molecular formula is C18H16N4O2S3. The molecule has 1 aromatic carbocycles. The van der Waals surface area contributed by atoms with Gasteiger partial charge in [-0.1, -0.05) is 11.8 Å². The Morgan fingerprint density at radius 2 is 1.89 bits per heavy atom. The fraction of sp³-hybridized carbons (Fsp3) is 0.167. The van der Waals surface area contributed by atoms with Crippen molar-refractivity contribution < 1.29 is 9.47 Å². The second-order valence-electron chi connectivity index (χ2n) is 5.53. The van der Waals surface area contributed by atoms with Crippen LogP contribution in [0.25, 0.3) is 20.8 Å². The van der Waals surface area contributed by atoms with Crippen molar-refractivity contribution in [3.63, 3.8) is 0 Å². The van der Waals surface area contributed by atoms with Gasteiger partial charge < -0.3 is 15.2 Å². The number of methoxy groups -OCH3 is 2. The molecule has 3 aromatic heterocycles. The van der Waals surface area contributed by atoms with E-state index in [2.05, 4.69) is 9.97 Å². The Labute approximate surface area is 168 Å². The zero-order valence-electron chi connectivity index (χ0n) is 14.6. The standard InChI is InChI=1S/C18H16N4O2S3/c1-23-13-4-3-10(7-14(13)24-2)16-20-11(8-26-16)9-27-18-21-15(19)12-5-6-25-17(12)22-18/h3-8H,9H2,1-2H3,(H2,19,21,22). The Hall–Kier alpha value is -2.36. The Morgan fingerprint density at radius 1 is 1.04 bits per heavy atom. The molecule has 0 spiro atoms. The largest absolute Gasteiger partial charge is 0.493 e. The summed E-state index contributed by atoms with van der Waals surface area (Å²) in [4.78, 5) is 14.6. The first kappa shape index (κ1) is 18.0. The first-order valence-corrected chi connectivity index (χ1v) is 10.7. The molecule has 6 nitrogen and oxygen atoms in total. The normalized spacial score (nSPS) is 11.0. The van der Waals surface area contributed by atoms with Gasteiger partial charge in [0.2, 0.25) is 0 Å². The van der Waals surface area contributed by atoms with Crippen LogP contribution in [0.2, 0.25) is 0 Å². The molecule has 0 bridgehead atoms. The SMILES string of the molecule is COc1ccc(-c2nc(CSc3nc(N)c4ccsc4n3)cs2)cc1OC. The van der Waals surface area contributed by atoms with Crippen LogP contribution in [0.1, 0.15) is 5.69 Å². The number of anilines is 1. The summed E-state index contributed by atoms with van der Waals surface area (Å²) >= 11 is 4.69. The molecule has 3 heterocycles. The number of nitrogen functional groups attached to an aromatic ring is 1. The average molecular weight is 417 g/mol. The van der Waals surface area contributed by atoms with Crippen molar-refractivity contribution in [3.05, 3.63) is 40.7 Å². The Balaban J connectivity index is 1.51. The number of thioether (sulfide) groups is 1. The predicted octanol–water partition coefficient (Wildman–Crippen LogP) is 4.71. The van der Waals surface area contributed by atoms with Crippen LogP contribution in [0, 0.1) is 0 Å². The molecule has 0 aliphatic rings. The van der Waals surface area contributed by atoms with Gasteiger partial charge in [0.1, 0.15) is 15.7 Å². The van der Waals surface area contributed by atoms with Crippen LogP contribution in [0.3, 0.4) is 0 Å². The molecule has 0 fully saturated rings. The van der Waals surface area contributed by atoms with Crippen molar-refractivity contribution in [1.82, 2.24) is 15.0 Å². The summed E-state index contributed by atoms with van der Waals surface area (Å²) in [6, 6.07) is 7.74. The van der Waals surface area contributed by atoms with Crippen LogP contribution in [0.15, 0.2) is 40.2 Å². The Kier molecular flexibility index (Phi) is 5.15. The lowest BCUT2D eigenvalue weighted by Crippen LogP contribution is -1.95. The van der Waals surface area contributed by atoms with Gasteiger partial charge in [-0.25, -0.2) is 15.0 Å². The molecule has 0 saturated heterocycles. The molecule has 4 rings (SSSR count). The number of hydrogen-bond acceptors (Lipinski definition) is 9. The number of thiazole rings is 1. The molecular weight excluding hydrogens is 400 g/mol. The summed E-state index contributed by atoms with van der Waals surface area (Å²) in [5.74, 6) is 2.59. The monoisotopic (exact) mass is 416 g/mol. The van der Waals surface area contributed by atoms with Crippen LogP contribution >= 0.6 is 34.4 Å². The number of fused-ring (bicyclic) bond motifs is 1. The summed E-state index contributed by atoms with van der Waals surface area (Å²) in [6.07, 6.45) is 0. The zero-order chi connectivity index (χ0) is 18.8. The number of nitrogens with zero attached hydrogens (tertiary/aromatic N) is 3. The molecule has 9 heteroatoms. The van der Waals surface area contributed by atoms with E-state index in [1.807, 2.05) is 35.0 Å². The van der Waals surface area contributed by atoms with Gasteiger partial charge in [0, 0.05) is 16.7 Å². The van der Waals surface area contributed by atoms with Gasteiger partial charge in [-0.05, 0) is 29.6 Å². The molecule has 0 aliphatic carbocycles. The second-order valence-corrected chi connectivity index (χ2v) is 8.23. The van der Waals surface area contributed by atoms with E-state index in [-0.39, 0.29) is 0 Å². The van der Waals surface area contributed by atoms with E-state index >= 15 is 0 Å². The first-order chi connectivity index (χ1) is 13.2. The van der Waals surface area contributed by atoms with Gasteiger partial charge in [0.15, 0.2) is 16.7 Å². The minimum absolute atomic E-state index is 0.521. The van der Waals surface area contributed by atoms with Crippen LogP contribution in [0.5, 0.6) is 11.5 Å². The van der Waals surface area contributed by atoms with E-state index in [9.17, 15) is 0 Å². The van der Waals surface area contributed by atoms with Crippen LogP contribution < -0.4 is 15.2 Å². The van der Waals surface area contributed by atoms with Crippen LogP contribution in [-0.2, 0) is 5.75 Å². The number of thiophene rings is 1. The second kappa shape index (κ2) is 7.71. The number of rotatable bonds is 6. The molecule has 4 aromatic rings. The molecule has 0 amide bonds. The lowest BCUT2D eigenvalue weighted by atomic mass is 10.2. The third-order valence-electron chi connectivity index (χ3n) is 3.87. The topological polar surface area (TPSA) is 83.2 Å². The number of ether oxygens (including phenoxy) is 2. The van der Waals surface area contributed by atoms with E-state index in [1.165, 1.54) is 11.8 Å². The highest BCUT2D eigenvalue weighted by Crippen LogP contribution is 2.34. The van der Waals surface area contributed by atoms with E-state index in [0.717, 1.165) is 26.5 Å². The molecule has 138 valence electrons. The highest BCUT2D eigenvalue weighted by atomic mass is 32.2. The van der Waals surface area contributed by atoms with Crippen molar-refractivity contribution >= 4 is 50.5 Å². The third kappa shape index (κ3) is 3.71. The van der Waals surface area contributed by atoms with Gasteiger partial charge >= 0.3 is 0 Å². The van der Waals surface area contributed by atoms with E-state index in [1.54, 1.807) is 36.9 Å². The fourth-order valence-corrected chi connectivity index (χ4v) is 5.03. The molecule has 0 aliphatic heterocycles. The van der Waals surface area contributed by atoms with Crippen LogP contribution in [0.4, 0.5) is 5.82 Å². The molecule has 2 N–H and O–H groups in total. The van der Waals surface area contributed by atoms with Crippen LogP contribution in [-0.4, -0.2) is 29.2 Å².